The molecule has 1 unspecified atom stereocenters. The summed E-state index contributed by atoms with van der Waals surface area (Å²) in [7, 11) is -3.76. The number of ether oxygens (including phenoxy) is 2. The smallest absolute Gasteiger partial charge is 0.306 e. The molecule has 0 aliphatic carbocycles. The van der Waals surface area contributed by atoms with Gasteiger partial charge in [-0.15, -0.1) is 5.10 Å². The predicted octanol–water partition coefficient (Wildman–Crippen LogP) is 4.25. The minimum atomic E-state index is -3.76. The first-order valence-electron chi connectivity index (χ1n) is 13.1. The Kier molecular flexibility index (Phi) is 8.83. The van der Waals surface area contributed by atoms with Crippen molar-refractivity contribution in [3.63, 3.8) is 0 Å². The molecule has 0 N–H and O–H groups in total. The van der Waals surface area contributed by atoms with Crippen LogP contribution in [0.5, 0.6) is 5.75 Å². The van der Waals surface area contributed by atoms with E-state index in [9.17, 15) is 13.2 Å². The summed E-state index contributed by atoms with van der Waals surface area (Å²) in [4.78, 5) is 12.7. The minimum Gasteiger partial charge on any atom is -0.488 e. The SMILES string of the molecule is CCOC(=O)CC(CCc1cn(CC)nn1)c1ccc(C)c(CN2C[C@@H](C)Oc3ccccc3S2(=O)=O)c1. The van der Waals surface area contributed by atoms with Gasteiger partial charge in [0.1, 0.15) is 16.7 Å². The number of fused-ring (bicyclic) bond motifs is 1. The first-order valence-corrected chi connectivity index (χ1v) is 14.5. The molecule has 2 heterocycles. The van der Waals surface area contributed by atoms with Gasteiger partial charge in [0, 0.05) is 19.3 Å². The van der Waals surface area contributed by atoms with Crippen LogP contribution in [0.25, 0.3) is 0 Å². The van der Waals surface area contributed by atoms with Crippen molar-refractivity contribution in [3.8, 4) is 5.75 Å². The maximum absolute atomic E-state index is 13.6. The van der Waals surface area contributed by atoms with Gasteiger partial charge in [-0.25, -0.2) is 8.42 Å². The molecule has 2 atom stereocenters. The third kappa shape index (κ3) is 6.42. The van der Waals surface area contributed by atoms with Gasteiger partial charge in [-0.3, -0.25) is 9.48 Å². The fraction of sp³-hybridized carbons (Fsp3) is 0.464. The molecule has 1 aromatic heterocycles. The second-order valence-corrected chi connectivity index (χ2v) is 11.6. The van der Waals surface area contributed by atoms with Gasteiger partial charge in [-0.1, -0.05) is 35.5 Å². The second kappa shape index (κ2) is 12.1. The highest BCUT2D eigenvalue weighted by Crippen LogP contribution is 2.33. The Morgan fingerprint density at radius 3 is 2.74 bits per heavy atom. The van der Waals surface area contributed by atoms with Crippen LogP contribution in [0.4, 0.5) is 0 Å². The van der Waals surface area contributed by atoms with E-state index in [4.69, 9.17) is 9.47 Å². The van der Waals surface area contributed by atoms with Crippen LogP contribution < -0.4 is 4.74 Å². The number of sulfonamides is 1. The molecule has 0 fully saturated rings. The average molecular weight is 541 g/mol. The normalized spacial score (nSPS) is 17.7. The standard InChI is InChI=1S/C28H36N4O5S/c1-5-31-19-25(29-30-31)14-13-23(16-28(33)36-6-2)22-12-11-20(3)24(15-22)18-32-17-21(4)37-26-9-7-8-10-27(26)38(32,34)35/h7-12,15,19,21,23H,5-6,13-14,16-18H2,1-4H3/t21-,23?/m1/s1. The van der Waals surface area contributed by atoms with Gasteiger partial charge < -0.3 is 9.47 Å². The number of esters is 1. The van der Waals surface area contributed by atoms with Crippen LogP contribution in [0.2, 0.25) is 0 Å². The van der Waals surface area contributed by atoms with Gasteiger partial charge in [0.25, 0.3) is 0 Å². The number of nitrogens with zero attached hydrogens (tertiary/aromatic N) is 4. The van der Waals surface area contributed by atoms with E-state index in [1.807, 2.05) is 45.2 Å². The number of benzene rings is 2. The molecular weight excluding hydrogens is 504 g/mol. The van der Waals surface area contributed by atoms with Crippen molar-refractivity contribution in [2.24, 2.45) is 0 Å². The summed E-state index contributed by atoms with van der Waals surface area (Å²) in [6, 6.07) is 12.8. The lowest BCUT2D eigenvalue weighted by Crippen LogP contribution is -2.35. The van der Waals surface area contributed by atoms with Crippen LogP contribution in [0.15, 0.2) is 53.6 Å². The van der Waals surface area contributed by atoms with Crippen LogP contribution in [-0.4, -0.2) is 52.9 Å². The molecule has 1 aliphatic heterocycles. The fourth-order valence-electron chi connectivity index (χ4n) is 4.73. The van der Waals surface area contributed by atoms with Crippen molar-refractivity contribution < 1.29 is 22.7 Å². The summed E-state index contributed by atoms with van der Waals surface area (Å²) in [6.07, 6.45) is 3.21. The molecule has 2 aromatic carbocycles. The van der Waals surface area contributed by atoms with E-state index in [0.717, 1.165) is 28.9 Å². The third-order valence-electron chi connectivity index (χ3n) is 6.82. The summed E-state index contributed by atoms with van der Waals surface area (Å²) in [5, 5.41) is 8.35. The quantitative estimate of drug-likeness (QED) is 0.354. The number of carbonyl (C=O) groups is 1. The fourth-order valence-corrected chi connectivity index (χ4v) is 6.35. The van der Waals surface area contributed by atoms with Crippen molar-refractivity contribution in [2.45, 2.75) is 77.0 Å². The molecular formula is C28H36N4O5S. The Morgan fingerprint density at radius 1 is 1.21 bits per heavy atom. The molecule has 0 saturated carbocycles. The zero-order chi connectivity index (χ0) is 27.3. The first-order chi connectivity index (χ1) is 18.2. The zero-order valence-corrected chi connectivity index (χ0v) is 23.3. The van der Waals surface area contributed by atoms with Crippen molar-refractivity contribution >= 4 is 16.0 Å². The molecule has 0 radical (unpaired) electrons. The molecule has 4 rings (SSSR count). The Labute approximate surface area is 224 Å². The summed E-state index contributed by atoms with van der Waals surface area (Å²) in [5.74, 6) is 0.0147. The van der Waals surface area contributed by atoms with Crippen LogP contribution >= 0.6 is 0 Å². The first kappa shape index (κ1) is 27.8. The molecule has 0 bridgehead atoms. The maximum atomic E-state index is 13.6. The lowest BCUT2D eigenvalue weighted by Gasteiger charge is -2.24. The van der Waals surface area contributed by atoms with E-state index in [1.165, 1.54) is 4.31 Å². The molecule has 204 valence electrons. The van der Waals surface area contributed by atoms with E-state index >= 15 is 0 Å². The van der Waals surface area contributed by atoms with E-state index in [2.05, 4.69) is 10.3 Å². The van der Waals surface area contributed by atoms with Crippen molar-refractivity contribution in [3.05, 3.63) is 71.0 Å². The van der Waals surface area contributed by atoms with Crippen LogP contribution in [0, 0.1) is 6.92 Å². The summed E-state index contributed by atoms with van der Waals surface area (Å²) < 4.78 is 41.6. The van der Waals surface area contributed by atoms with Crippen molar-refractivity contribution in [1.29, 1.82) is 0 Å². The van der Waals surface area contributed by atoms with Gasteiger partial charge in [0.2, 0.25) is 10.0 Å². The lowest BCUT2D eigenvalue weighted by atomic mass is 9.88. The van der Waals surface area contributed by atoms with Gasteiger partial charge in [-0.2, -0.15) is 4.31 Å². The third-order valence-corrected chi connectivity index (χ3v) is 8.68. The summed E-state index contributed by atoms with van der Waals surface area (Å²) in [6.45, 7) is 9.16. The molecule has 1 aliphatic rings. The zero-order valence-electron chi connectivity index (χ0n) is 22.5. The average Bonchev–Trinajstić information content (AvgIpc) is 3.32. The lowest BCUT2D eigenvalue weighted by molar-refractivity contribution is -0.143. The molecule has 0 spiro atoms. The highest BCUT2D eigenvalue weighted by molar-refractivity contribution is 7.89. The number of rotatable bonds is 10. The van der Waals surface area contributed by atoms with Gasteiger partial charge in [-0.05, 0) is 75.3 Å². The highest BCUT2D eigenvalue weighted by Gasteiger charge is 2.33. The Morgan fingerprint density at radius 2 is 2.00 bits per heavy atom. The molecule has 0 saturated heterocycles. The largest absolute Gasteiger partial charge is 0.488 e. The monoisotopic (exact) mass is 540 g/mol. The van der Waals surface area contributed by atoms with E-state index in [-0.39, 0.29) is 42.4 Å². The van der Waals surface area contributed by atoms with Gasteiger partial charge in [0.05, 0.1) is 25.3 Å². The van der Waals surface area contributed by atoms with Crippen molar-refractivity contribution in [1.82, 2.24) is 19.3 Å². The van der Waals surface area contributed by atoms with E-state index < -0.39 is 10.0 Å². The summed E-state index contributed by atoms with van der Waals surface area (Å²) >= 11 is 0. The number of hydrogen-bond donors (Lipinski definition) is 0. The van der Waals surface area contributed by atoms with Gasteiger partial charge >= 0.3 is 5.97 Å². The number of carbonyl (C=O) groups excluding carboxylic acids is 1. The van der Waals surface area contributed by atoms with Crippen LogP contribution in [0.1, 0.15) is 61.9 Å². The molecule has 0 amide bonds. The summed E-state index contributed by atoms with van der Waals surface area (Å²) in [5.41, 5.74) is 3.72. The number of hydrogen-bond acceptors (Lipinski definition) is 7. The Hall–Kier alpha value is -3.24. The Balaban J connectivity index is 1.61. The van der Waals surface area contributed by atoms with Crippen LogP contribution in [0.3, 0.4) is 0 Å². The molecule has 9 nitrogen and oxygen atoms in total. The van der Waals surface area contributed by atoms with Gasteiger partial charge in [0.15, 0.2) is 0 Å². The minimum absolute atomic E-state index is 0.107. The highest BCUT2D eigenvalue weighted by atomic mass is 32.2. The predicted molar refractivity (Wildman–Crippen MR) is 143 cm³/mol. The number of aryl methyl sites for hydroxylation is 3. The van der Waals surface area contributed by atoms with Crippen molar-refractivity contribution in [2.75, 3.05) is 13.2 Å². The number of para-hydroxylation sites is 1. The number of aromatic nitrogens is 3. The molecule has 3 aromatic rings. The van der Waals surface area contributed by atoms with E-state index in [0.29, 0.717) is 25.2 Å². The second-order valence-electron chi connectivity index (χ2n) is 9.67. The molecule has 38 heavy (non-hydrogen) atoms. The molecule has 10 heteroatoms. The maximum Gasteiger partial charge on any atom is 0.306 e. The Bertz CT molecular complexity index is 1370. The van der Waals surface area contributed by atoms with E-state index in [1.54, 1.807) is 35.9 Å². The topological polar surface area (TPSA) is 104 Å². The van der Waals surface area contributed by atoms with Crippen LogP contribution in [-0.2, 0) is 39.1 Å².